The van der Waals surface area contributed by atoms with E-state index in [0.717, 1.165) is 21.7 Å². The average molecular weight is 403 g/mol. The minimum absolute atomic E-state index is 0.184. The molecule has 2 heterocycles. The number of carbonyl (C=O) groups is 1. The first-order chi connectivity index (χ1) is 14.2. The lowest BCUT2D eigenvalue weighted by Crippen LogP contribution is -2.19. The van der Waals surface area contributed by atoms with Crippen molar-refractivity contribution in [1.82, 2.24) is 15.1 Å². The Morgan fingerprint density at radius 2 is 1.86 bits per heavy atom. The molecule has 4 aromatic rings. The van der Waals surface area contributed by atoms with Crippen LogP contribution in [0.3, 0.4) is 0 Å². The summed E-state index contributed by atoms with van der Waals surface area (Å²) in [6.45, 7) is 0.495. The van der Waals surface area contributed by atoms with Crippen LogP contribution >= 0.6 is 11.3 Å². The number of thiophene rings is 1. The molecule has 0 bridgehead atoms. The van der Waals surface area contributed by atoms with E-state index < -0.39 is 0 Å². The SMILES string of the molecule is O=C(/C=C/c1cn(-c2ccccc2)nc1-c1ccc(F)cc1)NCc1cccs1. The summed E-state index contributed by atoms with van der Waals surface area (Å²) in [5, 5.41) is 9.50. The van der Waals surface area contributed by atoms with Crippen LogP contribution in [0.2, 0.25) is 0 Å². The van der Waals surface area contributed by atoms with Crippen LogP contribution in [-0.4, -0.2) is 15.7 Å². The Labute approximate surface area is 171 Å². The van der Waals surface area contributed by atoms with Crippen LogP contribution in [0, 0.1) is 5.82 Å². The predicted molar refractivity (Wildman–Crippen MR) is 114 cm³/mol. The van der Waals surface area contributed by atoms with E-state index in [0.29, 0.717) is 12.2 Å². The van der Waals surface area contributed by atoms with Crippen LogP contribution < -0.4 is 5.32 Å². The van der Waals surface area contributed by atoms with Crippen molar-refractivity contribution in [1.29, 1.82) is 0 Å². The summed E-state index contributed by atoms with van der Waals surface area (Å²) >= 11 is 1.60. The number of para-hydroxylation sites is 1. The molecule has 0 atom stereocenters. The van der Waals surface area contributed by atoms with Gasteiger partial charge in [-0.3, -0.25) is 4.79 Å². The first kappa shape index (κ1) is 18.8. The van der Waals surface area contributed by atoms with Crippen molar-refractivity contribution in [3.63, 3.8) is 0 Å². The van der Waals surface area contributed by atoms with Crippen molar-refractivity contribution in [3.05, 3.63) is 101 Å². The molecule has 0 aliphatic rings. The zero-order valence-corrected chi connectivity index (χ0v) is 16.3. The molecule has 0 aliphatic carbocycles. The third-order valence-electron chi connectivity index (χ3n) is 4.31. The topological polar surface area (TPSA) is 46.9 Å². The highest BCUT2D eigenvalue weighted by atomic mass is 32.1. The standard InChI is InChI=1S/C23H18FN3OS/c24-19-11-8-17(9-12-19)23-18(16-27(26-23)20-5-2-1-3-6-20)10-13-22(28)25-15-21-7-4-14-29-21/h1-14,16H,15H2,(H,25,28)/b13-10+. The molecule has 6 heteroatoms. The van der Waals surface area contributed by atoms with Gasteiger partial charge in [-0.25, -0.2) is 9.07 Å². The predicted octanol–water partition coefficient (Wildman–Crippen LogP) is 5.07. The second kappa shape index (κ2) is 8.67. The third-order valence-corrected chi connectivity index (χ3v) is 5.19. The van der Waals surface area contributed by atoms with E-state index in [9.17, 15) is 9.18 Å². The van der Waals surface area contributed by atoms with Gasteiger partial charge in [0.25, 0.3) is 0 Å². The number of amides is 1. The molecule has 2 aromatic heterocycles. The second-order valence-corrected chi connectivity index (χ2v) is 7.38. The minimum Gasteiger partial charge on any atom is -0.348 e. The summed E-state index contributed by atoms with van der Waals surface area (Å²) < 4.78 is 15.1. The van der Waals surface area contributed by atoms with Crippen molar-refractivity contribution < 1.29 is 9.18 Å². The maximum Gasteiger partial charge on any atom is 0.244 e. The summed E-state index contributed by atoms with van der Waals surface area (Å²) in [6, 6.07) is 19.8. The first-order valence-corrected chi connectivity index (χ1v) is 9.96. The molecule has 0 spiro atoms. The lowest BCUT2D eigenvalue weighted by atomic mass is 10.1. The van der Waals surface area contributed by atoms with Crippen LogP contribution in [-0.2, 0) is 11.3 Å². The summed E-state index contributed by atoms with van der Waals surface area (Å²) in [5.41, 5.74) is 3.13. The van der Waals surface area contributed by atoms with Crippen LogP contribution in [0.25, 0.3) is 23.0 Å². The van der Waals surface area contributed by atoms with E-state index in [2.05, 4.69) is 10.4 Å². The highest BCUT2D eigenvalue weighted by Crippen LogP contribution is 2.25. The van der Waals surface area contributed by atoms with E-state index in [1.54, 1.807) is 34.2 Å². The molecule has 4 nitrogen and oxygen atoms in total. The monoisotopic (exact) mass is 403 g/mol. The van der Waals surface area contributed by atoms with Crippen molar-refractivity contribution >= 4 is 23.3 Å². The molecule has 4 rings (SSSR count). The van der Waals surface area contributed by atoms with Gasteiger partial charge in [0.1, 0.15) is 5.82 Å². The Bertz CT molecular complexity index is 1120. The highest BCUT2D eigenvalue weighted by Gasteiger charge is 2.11. The maximum absolute atomic E-state index is 13.3. The van der Waals surface area contributed by atoms with E-state index >= 15 is 0 Å². The first-order valence-electron chi connectivity index (χ1n) is 9.08. The highest BCUT2D eigenvalue weighted by molar-refractivity contribution is 7.09. The number of aromatic nitrogens is 2. The molecule has 0 saturated carbocycles. The third kappa shape index (κ3) is 4.67. The van der Waals surface area contributed by atoms with Crippen molar-refractivity contribution in [2.75, 3.05) is 0 Å². The lowest BCUT2D eigenvalue weighted by Gasteiger charge is -2.01. The van der Waals surface area contributed by atoms with Gasteiger partial charge < -0.3 is 5.32 Å². The number of nitrogens with zero attached hydrogens (tertiary/aromatic N) is 2. The smallest absolute Gasteiger partial charge is 0.244 e. The van der Waals surface area contributed by atoms with Crippen LogP contribution in [0.5, 0.6) is 0 Å². The molecule has 0 aliphatic heterocycles. The van der Waals surface area contributed by atoms with Gasteiger partial charge in [-0.1, -0.05) is 24.3 Å². The summed E-state index contributed by atoms with van der Waals surface area (Å²) in [7, 11) is 0. The Morgan fingerprint density at radius 3 is 2.59 bits per heavy atom. The van der Waals surface area contributed by atoms with Crippen LogP contribution in [0.1, 0.15) is 10.4 Å². The second-order valence-electron chi connectivity index (χ2n) is 6.35. The summed E-state index contributed by atoms with van der Waals surface area (Å²) in [4.78, 5) is 13.3. The largest absolute Gasteiger partial charge is 0.348 e. The van der Waals surface area contributed by atoms with E-state index in [1.807, 2.05) is 54.0 Å². The van der Waals surface area contributed by atoms with Crippen LogP contribution in [0.4, 0.5) is 4.39 Å². The minimum atomic E-state index is -0.304. The van der Waals surface area contributed by atoms with Gasteiger partial charge in [0.2, 0.25) is 5.91 Å². The molecule has 0 fully saturated rings. The number of halogens is 1. The molecular formula is C23H18FN3OS. The fourth-order valence-electron chi connectivity index (χ4n) is 2.87. The molecular weight excluding hydrogens is 385 g/mol. The molecule has 1 N–H and O–H groups in total. The number of carbonyl (C=O) groups excluding carboxylic acids is 1. The van der Waals surface area contributed by atoms with Crippen LogP contribution in [0.15, 0.2) is 84.4 Å². The Morgan fingerprint density at radius 1 is 1.07 bits per heavy atom. The quantitative estimate of drug-likeness (QED) is 0.457. The zero-order valence-electron chi connectivity index (χ0n) is 15.5. The molecule has 2 aromatic carbocycles. The zero-order chi connectivity index (χ0) is 20.1. The molecule has 0 unspecified atom stereocenters. The fourth-order valence-corrected chi connectivity index (χ4v) is 3.51. The Hall–Kier alpha value is -3.51. The van der Waals surface area contributed by atoms with E-state index in [1.165, 1.54) is 18.2 Å². The van der Waals surface area contributed by atoms with Gasteiger partial charge >= 0.3 is 0 Å². The average Bonchev–Trinajstić information content (AvgIpc) is 3.42. The summed E-state index contributed by atoms with van der Waals surface area (Å²) in [5.74, 6) is -0.489. The van der Waals surface area contributed by atoms with Gasteiger partial charge in [0.15, 0.2) is 0 Å². The van der Waals surface area contributed by atoms with Gasteiger partial charge in [-0.2, -0.15) is 5.10 Å². The van der Waals surface area contributed by atoms with Gasteiger partial charge in [0.05, 0.1) is 17.9 Å². The lowest BCUT2D eigenvalue weighted by molar-refractivity contribution is -0.116. The molecule has 0 radical (unpaired) electrons. The Balaban J connectivity index is 1.61. The molecule has 144 valence electrons. The summed E-state index contributed by atoms with van der Waals surface area (Å²) in [6.07, 6.45) is 5.08. The van der Waals surface area contributed by atoms with Crippen molar-refractivity contribution in [2.45, 2.75) is 6.54 Å². The number of rotatable bonds is 6. The Kier molecular flexibility index (Phi) is 5.63. The van der Waals surface area contributed by atoms with E-state index in [4.69, 9.17) is 0 Å². The molecule has 29 heavy (non-hydrogen) atoms. The number of benzene rings is 2. The van der Waals surface area contributed by atoms with Gasteiger partial charge in [0, 0.05) is 28.3 Å². The van der Waals surface area contributed by atoms with Crippen molar-refractivity contribution in [3.8, 4) is 16.9 Å². The molecule has 0 saturated heterocycles. The van der Waals surface area contributed by atoms with E-state index in [-0.39, 0.29) is 11.7 Å². The fraction of sp³-hybridized carbons (Fsp3) is 0.0435. The van der Waals surface area contributed by atoms with Crippen molar-refractivity contribution in [2.24, 2.45) is 0 Å². The number of nitrogens with one attached hydrogen (secondary N) is 1. The van der Waals surface area contributed by atoms with Gasteiger partial charge in [-0.15, -0.1) is 11.3 Å². The maximum atomic E-state index is 13.3. The van der Waals surface area contributed by atoms with Gasteiger partial charge in [-0.05, 0) is 53.9 Å². The number of hydrogen-bond donors (Lipinski definition) is 1. The normalized spacial score (nSPS) is 11.1. The number of hydrogen-bond acceptors (Lipinski definition) is 3. The molecule has 1 amide bonds.